The van der Waals surface area contributed by atoms with E-state index in [-0.39, 0.29) is 6.54 Å². The van der Waals surface area contributed by atoms with E-state index in [0.29, 0.717) is 10.7 Å². The van der Waals surface area contributed by atoms with Gasteiger partial charge in [0.25, 0.3) is 0 Å². The topological polar surface area (TPSA) is 61.4 Å². The Morgan fingerprint density at radius 3 is 2.74 bits per heavy atom. The lowest BCUT2D eigenvalue weighted by atomic mass is 10.1. The molecule has 0 aliphatic rings. The molecule has 1 heterocycles. The van der Waals surface area contributed by atoms with Gasteiger partial charge in [0.1, 0.15) is 0 Å². The number of hydrogen-bond acceptors (Lipinski definition) is 3. The van der Waals surface area contributed by atoms with Gasteiger partial charge >= 0.3 is 6.03 Å². The van der Waals surface area contributed by atoms with Crippen LogP contribution in [0.2, 0.25) is 5.02 Å². The molecule has 0 fully saturated rings. The van der Waals surface area contributed by atoms with Crippen molar-refractivity contribution >= 4 is 44.7 Å². The molecule has 0 saturated heterocycles. The number of anilines is 1. The zero-order valence-electron chi connectivity index (χ0n) is 12.1. The predicted octanol–water partition coefficient (Wildman–Crippen LogP) is 4.41. The smallest absolute Gasteiger partial charge is 0.319 e. The molecule has 2 aromatic carbocycles. The number of fused-ring (bicyclic) bond motifs is 1. The van der Waals surface area contributed by atoms with Crippen molar-refractivity contribution in [2.75, 3.05) is 11.9 Å². The lowest BCUT2D eigenvalue weighted by Gasteiger charge is -2.13. The van der Waals surface area contributed by atoms with Crippen molar-refractivity contribution in [3.63, 3.8) is 0 Å². The number of hydrogen-bond donors (Lipinski definition) is 3. The first-order valence-corrected chi connectivity index (χ1v) is 8.34. The quantitative estimate of drug-likeness (QED) is 0.655. The molecule has 3 rings (SSSR count). The van der Waals surface area contributed by atoms with Gasteiger partial charge in [0.15, 0.2) is 0 Å². The standard InChI is InChI=1S/C17H15ClN2O2S/c18-13-6-2-3-7-14(13)20-17(22)19-9-15(21)12-10-23-16-8-4-1-5-11(12)16/h1-8,10,15,21H,9H2,(H2,19,20,22)/t15-/m0/s1. The van der Waals surface area contributed by atoms with E-state index in [1.165, 1.54) is 0 Å². The fourth-order valence-electron chi connectivity index (χ4n) is 2.28. The van der Waals surface area contributed by atoms with Gasteiger partial charge in [-0.3, -0.25) is 0 Å². The van der Waals surface area contributed by atoms with Crippen molar-refractivity contribution in [1.82, 2.24) is 5.32 Å². The van der Waals surface area contributed by atoms with Crippen molar-refractivity contribution in [2.45, 2.75) is 6.10 Å². The first-order chi connectivity index (χ1) is 11.1. The zero-order valence-corrected chi connectivity index (χ0v) is 13.7. The third-order valence-electron chi connectivity index (χ3n) is 3.45. The second-order valence-corrected chi connectivity index (χ2v) is 6.34. The van der Waals surface area contributed by atoms with E-state index in [0.717, 1.165) is 15.6 Å². The molecule has 0 radical (unpaired) electrons. The molecule has 1 aromatic heterocycles. The number of thiophene rings is 1. The van der Waals surface area contributed by atoms with Crippen LogP contribution in [0.5, 0.6) is 0 Å². The summed E-state index contributed by atoms with van der Waals surface area (Å²) in [5.41, 5.74) is 1.35. The average molecular weight is 347 g/mol. The molecule has 0 bridgehead atoms. The van der Waals surface area contributed by atoms with Crippen LogP contribution in [0.1, 0.15) is 11.7 Å². The minimum absolute atomic E-state index is 0.122. The highest BCUT2D eigenvalue weighted by molar-refractivity contribution is 7.17. The number of aliphatic hydroxyl groups is 1. The Hall–Kier alpha value is -2.08. The SMILES string of the molecule is O=C(NC[C@H](O)c1csc2ccccc12)Nc1ccccc1Cl. The fourth-order valence-corrected chi connectivity index (χ4v) is 3.48. The summed E-state index contributed by atoms with van der Waals surface area (Å²) >= 11 is 7.56. The number of urea groups is 1. The molecule has 0 aliphatic heterocycles. The van der Waals surface area contributed by atoms with E-state index in [1.54, 1.807) is 35.6 Å². The number of rotatable bonds is 4. The molecule has 0 unspecified atom stereocenters. The molecule has 0 aliphatic carbocycles. The van der Waals surface area contributed by atoms with Crippen molar-refractivity contribution in [1.29, 1.82) is 0 Å². The summed E-state index contributed by atoms with van der Waals surface area (Å²) in [7, 11) is 0. The Morgan fingerprint density at radius 1 is 1.17 bits per heavy atom. The van der Waals surface area contributed by atoms with Crippen molar-refractivity contribution in [3.05, 3.63) is 64.5 Å². The van der Waals surface area contributed by atoms with E-state index in [2.05, 4.69) is 10.6 Å². The number of benzene rings is 2. The monoisotopic (exact) mass is 346 g/mol. The summed E-state index contributed by atoms with van der Waals surface area (Å²) in [5, 5.41) is 19.0. The third-order valence-corrected chi connectivity index (χ3v) is 4.76. The maximum absolute atomic E-state index is 11.9. The lowest BCUT2D eigenvalue weighted by Crippen LogP contribution is -2.32. The Bertz CT molecular complexity index is 834. The second-order valence-electron chi connectivity index (χ2n) is 5.02. The maximum atomic E-state index is 11.9. The van der Waals surface area contributed by atoms with Gasteiger partial charge < -0.3 is 15.7 Å². The maximum Gasteiger partial charge on any atom is 0.319 e. The zero-order chi connectivity index (χ0) is 16.2. The molecular weight excluding hydrogens is 332 g/mol. The van der Waals surface area contributed by atoms with Gasteiger partial charge in [-0.15, -0.1) is 11.3 Å². The van der Waals surface area contributed by atoms with Crippen LogP contribution in [0.15, 0.2) is 53.9 Å². The molecule has 4 nitrogen and oxygen atoms in total. The molecule has 2 amide bonds. The molecule has 3 N–H and O–H groups in total. The van der Waals surface area contributed by atoms with Crippen LogP contribution in [-0.2, 0) is 0 Å². The molecule has 0 saturated carbocycles. The van der Waals surface area contributed by atoms with Gasteiger partial charge in [-0.05, 0) is 29.0 Å². The predicted molar refractivity (Wildman–Crippen MR) is 95.3 cm³/mol. The Labute approximate surface area is 142 Å². The number of amides is 2. The third kappa shape index (κ3) is 3.64. The number of carbonyl (C=O) groups is 1. The summed E-state index contributed by atoms with van der Waals surface area (Å²) < 4.78 is 1.11. The highest BCUT2D eigenvalue weighted by atomic mass is 35.5. The molecular formula is C17H15ClN2O2S. The molecule has 0 spiro atoms. The van der Waals surface area contributed by atoms with Gasteiger partial charge in [-0.25, -0.2) is 4.79 Å². The van der Waals surface area contributed by atoms with Crippen LogP contribution in [0.4, 0.5) is 10.5 Å². The van der Waals surface area contributed by atoms with Gasteiger partial charge in [-0.2, -0.15) is 0 Å². The Balaban J connectivity index is 1.61. The minimum atomic E-state index is -0.761. The summed E-state index contributed by atoms with van der Waals surface area (Å²) in [4.78, 5) is 11.9. The van der Waals surface area contributed by atoms with E-state index in [4.69, 9.17) is 11.6 Å². The van der Waals surface area contributed by atoms with Gasteiger partial charge in [0.2, 0.25) is 0 Å². The van der Waals surface area contributed by atoms with E-state index in [1.807, 2.05) is 29.6 Å². The fraction of sp³-hybridized carbons (Fsp3) is 0.118. The average Bonchev–Trinajstić information content (AvgIpc) is 2.99. The van der Waals surface area contributed by atoms with Crippen LogP contribution in [0.3, 0.4) is 0 Å². The van der Waals surface area contributed by atoms with Crippen molar-refractivity contribution < 1.29 is 9.90 Å². The molecule has 6 heteroatoms. The number of nitrogens with one attached hydrogen (secondary N) is 2. The second kappa shape index (κ2) is 7.00. The largest absolute Gasteiger partial charge is 0.387 e. The highest BCUT2D eigenvalue weighted by Gasteiger charge is 2.14. The van der Waals surface area contributed by atoms with Crippen molar-refractivity contribution in [2.24, 2.45) is 0 Å². The van der Waals surface area contributed by atoms with Crippen LogP contribution in [-0.4, -0.2) is 17.7 Å². The van der Waals surface area contributed by atoms with Crippen molar-refractivity contribution in [3.8, 4) is 0 Å². The highest BCUT2D eigenvalue weighted by Crippen LogP contribution is 2.29. The van der Waals surface area contributed by atoms with Gasteiger partial charge in [0, 0.05) is 16.8 Å². The number of para-hydroxylation sites is 1. The van der Waals surface area contributed by atoms with Gasteiger partial charge in [0.05, 0.1) is 16.8 Å². The number of halogens is 1. The normalized spacial score (nSPS) is 12.1. The van der Waals surface area contributed by atoms with E-state index < -0.39 is 12.1 Å². The lowest BCUT2D eigenvalue weighted by molar-refractivity contribution is 0.177. The number of aliphatic hydroxyl groups excluding tert-OH is 1. The Kier molecular flexibility index (Phi) is 4.81. The van der Waals surface area contributed by atoms with E-state index >= 15 is 0 Å². The van der Waals surface area contributed by atoms with Gasteiger partial charge in [-0.1, -0.05) is 41.9 Å². The Morgan fingerprint density at radius 2 is 1.91 bits per heavy atom. The molecule has 23 heavy (non-hydrogen) atoms. The van der Waals surface area contributed by atoms with Crippen LogP contribution >= 0.6 is 22.9 Å². The van der Waals surface area contributed by atoms with Crippen LogP contribution < -0.4 is 10.6 Å². The summed E-state index contributed by atoms with van der Waals surface area (Å²) in [6.07, 6.45) is -0.761. The summed E-state index contributed by atoms with van der Waals surface area (Å²) in [6, 6.07) is 14.4. The summed E-state index contributed by atoms with van der Waals surface area (Å²) in [6.45, 7) is 0.122. The summed E-state index contributed by atoms with van der Waals surface area (Å²) in [5.74, 6) is 0. The molecule has 1 atom stereocenters. The first-order valence-electron chi connectivity index (χ1n) is 7.08. The first kappa shape index (κ1) is 15.8. The number of carbonyl (C=O) groups excluding carboxylic acids is 1. The minimum Gasteiger partial charge on any atom is -0.387 e. The molecule has 118 valence electrons. The molecule has 3 aromatic rings. The van der Waals surface area contributed by atoms with Crippen LogP contribution in [0.25, 0.3) is 10.1 Å². The van der Waals surface area contributed by atoms with Crippen LogP contribution in [0, 0.1) is 0 Å². The van der Waals surface area contributed by atoms with E-state index in [9.17, 15) is 9.90 Å².